The minimum Gasteiger partial charge on any atom is -0.369 e. The van der Waals surface area contributed by atoms with Gasteiger partial charge in [-0.3, -0.25) is 0 Å². The van der Waals surface area contributed by atoms with Gasteiger partial charge in [-0.25, -0.2) is 0 Å². The van der Waals surface area contributed by atoms with Gasteiger partial charge in [0.05, 0.1) is 10.4 Å². The van der Waals surface area contributed by atoms with Crippen molar-refractivity contribution in [3.8, 4) is 0 Å². The molecular weight excluding hydrogens is 310 g/mol. The van der Waals surface area contributed by atoms with E-state index >= 15 is 0 Å². The molecule has 1 aliphatic carbocycles. The molecule has 0 bridgehead atoms. The molecule has 0 amide bonds. The Bertz CT molecular complexity index is 402. The molecule has 1 aromatic heterocycles. The molecule has 1 unspecified atom stereocenters. The van der Waals surface area contributed by atoms with Gasteiger partial charge in [0, 0.05) is 17.0 Å². The van der Waals surface area contributed by atoms with Crippen LogP contribution in [-0.2, 0) is 4.74 Å². The number of hydrogen-bond acceptors (Lipinski definition) is 3. The van der Waals surface area contributed by atoms with Gasteiger partial charge in [0.25, 0.3) is 0 Å². The van der Waals surface area contributed by atoms with Gasteiger partial charge in [-0.1, -0.05) is 6.92 Å². The van der Waals surface area contributed by atoms with E-state index in [-0.39, 0.29) is 11.6 Å². The van der Waals surface area contributed by atoms with E-state index in [9.17, 15) is 0 Å². The molecule has 4 heteroatoms. The van der Waals surface area contributed by atoms with E-state index in [2.05, 4.69) is 40.3 Å². The third kappa shape index (κ3) is 2.67. The number of nitrogens with one attached hydrogen (secondary N) is 1. The van der Waals surface area contributed by atoms with Crippen LogP contribution >= 0.6 is 27.3 Å². The Balaban J connectivity index is 1.61. The van der Waals surface area contributed by atoms with Crippen molar-refractivity contribution in [2.75, 3.05) is 13.2 Å². The number of hydrogen-bond donors (Lipinski definition) is 1. The first-order valence-electron chi connectivity index (χ1n) is 6.79. The monoisotopic (exact) mass is 329 g/mol. The molecule has 2 heterocycles. The van der Waals surface area contributed by atoms with Gasteiger partial charge in [-0.2, -0.15) is 0 Å². The highest BCUT2D eigenvalue weighted by molar-refractivity contribution is 9.11. The van der Waals surface area contributed by atoms with Crippen molar-refractivity contribution in [2.45, 2.75) is 44.2 Å². The van der Waals surface area contributed by atoms with E-state index in [1.165, 1.54) is 34.3 Å². The van der Waals surface area contributed by atoms with Crippen molar-refractivity contribution in [2.24, 2.45) is 5.92 Å². The highest BCUT2D eigenvalue weighted by Crippen LogP contribution is 2.37. The molecule has 18 heavy (non-hydrogen) atoms. The third-order valence-corrected chi connectivity index (χ3v) is 6.08. The van der Waals surface area contributed by atoms with Gasteiger partial charge in [-0.05, 0) is 59.7 Å². The summed E-state index contributed by atoms with van der Waals surface area (Å²) < 4.78 is 7.32. The number of halogens is 1. The first-order chi connectivity index (χ1) is 8.67. The second-order valence-corrected chi connectivity index (χ2v) is 8.28. The van der Waals surface area contributed by atoms with Gasteiger partial charge in [0.2, 0.25) is 0 Å². The van der Waals surface area contributed by atoms with E-state index in [1.54, 1.807) is 11.3 Å². The molecule has 2 aliphatic rings. The van der Waals surface area contributed by atoms with E-state index < -0.39 is 0 Å². The molecular formula is C14H20BrNOS. The average molecular weight is 330 g/mol. The number of morpholine rings is 1. The van der Waals surface area contributed by atoms with Crippen LogP contribution in [0.1, 0.15) is 43.6 Å². The summed E-state index contributed by atoms with van der Waals surface area (Å²) in [6.45, 7) is 4.20. The van der Waals surface area contributed by atoms with Crippen molar-refractivity contribution in [1.29, 1.82) is 0 Å². The minimum absolute atomic E-state index is 0.242. The van der Waals surface area contributed by atoms with E-state index in [0.717, 1.165) is 19.1 Å². The lowest BCUT2D eigenvalue weighted by Crippen LogP contribution is -2.56. The number of ether oxygens (including phenoxy) is 1. The summed E-state index contributed by atoms with van der Waals surface area (Å²) in [6, 6.07) is 4.28. The number of thiophene rings is 1. The van der Waals surface area contributed by atoms with Crippen LogP contribution in [-0.4, -0.2) is 18.7 Å². The lowest BCUT2D eigenvalue weighted by molar-refractivity contribution is -0.0489. The molecule has 1 saturated heterocycles. The van der Waals surface area contributed by atoms with Crippen molar-refractivity contribution in [3.63, 3.8) is 0 Å². The summed E-state index contributed by atoms with van der Waals surface area (Å²) in [5, 5.41) is 3.78. The molecule has 0 radical (unpaired) electrons. The highest BCUT2D eigenvalue weighted by atomic mass is 79.9. The Morgan fingerprint density at radius 3 is 2.72 bits per heavy atom. The van der Waals surface area contributed by atoms with Crippen molar-refractivity contribution in [1.82, 2.24) is 5.32 Å². The first-order valence-corrected chi connectivity index (χ1v) is 8.40. The molecule has 100 valence electrons. The SMILES string of the molecule is CC1CCC2(CC1)COC(c1ccc(Br)s1)CN2. The summed E-state index contributed by atoms with van der Waals surface area (Å²) in [6.07, 6.45) is 5.47. The fourth-order valence-electron chi connectivity index (χ4n) is 3.00. The Labute approximate surface area is 121 Å². The van der Waals surface area contributed by atoms with Crippen LogP contribution in [0.2, 0.25) is 0 Å². The topological polar surface area (TPSA) is 21.3 Å². The summed E-state index contributed by atoms with van der Waals surface area (Å²) in [5.74, 6) is 0.892. The fourth-order valence-corrected chi connectivity index (χ4v) is 4.47. The zero-order chi connectivity index (χ0) is 12.6. The predicted molar refractivity (Wildman–Crippen MR) is 79.1 cm³/mol. The average Bonchev–Trinajstić information content (AvgIpc) is 2.81. The fraction of sp³-hybridized carbons (Fsp3) is 0.714. The maximum absolute atomic E-state index is 6.13. The standard InChI is InChI=1S/C14H20BrNOS/c1-10-4-6-14(7-5-10)9-17-11(8-16-14)12-2-3-13(15)18-12/h2-3,10-11,16H,4-9H2,1H3. The van der Waals surface area contributed by atoms with Crippen LogP contribution in [0.15, 0.2) is 15.9 Å². The maximum Gasteiger partial charge on any atom is 0.104 e. The molecule has 2 nitrogen and oxygen atoms in total. The molecule has 1 aliphatic heterocycles. The largest absolute Gasteiger partial charge is 0.369 e. The normalized spacial score (nSPS) is 37.0. The molecule has 1 aromatic rings. The Hall–Kier alpha value is 0.1000. The van der Waals surface area contributed by atoms with E-state index in [1.807, 2.05) is 0 Å². The Morgan fingerprint density at radius 2 is 2.17 bits per heavy atom. The lowest BCUT2D eigenvalue weighted by Gasteiger charge is -2.45. The van der Waals surface area contributed by atoms with Crippen molar-refractivity contribution in [3.05, 3.63) is 20.8 Å². The second-order valence-electron chi connectivity index (χ2n) is 5.79. The van der Waals surface area contributed by atoms with Crippen LogP contribution in [0.25, 0.3) is 0 Å². The van der Waals surface area contributed by atoms with Crippen molar-refractivity contribution >= 4 is 27.3 Å². The summed E-state index contributed by atoms with van der Waals surface area (Å²) in [7, 11) is 0. The van der Waals surface area contributed by atoms with Gasteiger partial charge in [0.15, 0.2) is 0 Å². The van der Waals surface area contributed by atoms with E-state index in [4.69, 9.17) is 4.74 Å². The van der Waals surface area contributed by atoms with Crippen molar-refractivity contribution < 1.29 is 4.74 Å². The minimum atomic E-state index is 0.242. The zero-order valence-electron chi connectivity index (χ0n) is 10.7. The molecule has 1 atom stereocenters. The Morgan fingerprint density at radius 1 is 1.39 bits per heavy atom. The molecule has 1 N–H and O–H groups in total. The van der Waals surface area contributed by atoms with Crippen LogP contribution in [0.3, 0.4) is 0 Å². The smallest absolute Gasteiger partial charge is 0.104 e. The highest BCUT2D eigenvalue weighted by Gasteiger charge is 2.38. The molecule has 2 fully saturated rings. The van der Waals surface area contributed by atoms with E-state index in [0.29, 0.717) is 0 Å². The van der Waals surface area contributed by atoms with Gasteiger partial charge < -0.3 is 10.1 Å². The lowest BCUT2D eigenvalue weighted by atomic mass is 9.77. The first kappa shape index (κ1) is 13.1. The predicted octanol–water partition coefficient (Wildman–Crippen LogP) is 4.12. The summed E-state index contributed by atoms with van der Waals surface area (Å²) >= 11 is 5.30. The Kier molecular flexibility index (Phi) is 3.81. The van der Waals surface area contributed by atoms with Crippen LogP contribution in [0.4, 0.5) is 0 Å². The van der Waals surface area contributed by atoms with Gasteiger partial charge in [0.1, 0.15) is 6.10 Å². The van der Waals surface area contributed by atoms with Gasteiger partial charge in [-0.15, -0.1) is 11.3 Å². The third-order valence-electron chi connectivity index (χ3n) is 4.37. The maximum atomic E-state index is 6.13. The molecule has 3 rings (SSSR count). The number of rotatable bonds is 1. The molecule has 1 saturated carbocycles. The molecule has 0 aromatic carbocycles. The summed E-state index contributed by atoms with van der Waals surface area (Å²) in [4.78, 5) is 1.33. The van der Waals surface area contributed by atoms with Crippen LogP contribution in [0.5, 0.6) is 0 Å². The van der Waals surface area contributed by atoms with Crippen LogP contribution < -0.4 is 5.32 Å². The van der Waals surface area contributed by atoms with Crippen LogP contribution in [0, 0.1) is 5.92 Å². The summed E-state index contributed by atoms with van der Waals surface area (Å²) in [5.41, 5.74) is 0.275. The van der Waals surface area contributed by atoms with Gasteiger partial charge >= 0.3 is 0 Å². The second kappa shape index (κ2) is 5.23. The quantitative estimate of drug-likeness (QED) is 0.836. The zero-order valence-corrected chi connectivity index (χ0v) is 13.1. The molecule has 1 spiro atoms.